The topological polar surface area (TPSA) is 26.3 Å². The summed E-state index contributed by atoms with van der Waals surface area (Å²) < 4.78 is 5.62. The fourth-order valence-corrected chi connectivity index (χ4v) is 3.68. The molecule has 1 aromatic rings. The number of carbonyl (C=O) groups excluding carboxylic acids is 1. The molecule has 2 saturated carbocycles. The van der Waals surface area contributed by atoms with Crippen LogP contribution in [0, 0.1) is 24.7 Å². The Morgan fingerprint density at radius 1 is 1.26 bits per heavy atom. The van der Waals surface area contributed by atoms with Crippen molar-refractivity contribution < 1.29 is 9.53 Å². The highest BCUT2D eigenvalue weighted by Gasteiger charge is 2.54. The second-order valence-electron chi connectivity index (χ2n) is 5.93. The molecule has 0 aromatic heterocycles. The zero-order valence-corrected chi connectivity index (χ0v) is 11.8. The summed E-state index contributed by atoms with van der Waals surface area (Å²) in [5.41, 5.74) is 1.94. The van der Waals surface area contributed by atoms with Crippen LogP contribution >= 0.6 is 0 Å². The maximum Gasteiger partial charge on any atom is 0.170 e. The first-order valence-electron chi connectivity index (χ1n) is 7.50. The summed E-state index contributed by atoms with van der Waals surface area (Å²) in [6.45, 7) is 4.61. The number of hydrogen-bond acceptors (Lipinski definition) is 2. The molecule has 2 heteroatoms. The molecule has 2 aliphatic carbocycles. The van der Waals surface area contributed by atoms with Gasteiger partial charge in [-0.2, -0.15) is 0 Å². The summed E-state index contributed by atoms with van der Waals surface area (Å²) in [5, 5.41) is 0. The standard InChI is InChI=1S/C17H22O2/c1-3-19-15-9-8-11(2)10-14(15)17(18)16-12-6-4-5-7-13(12)16/h8-10,12-13,16H,3-7H2,1-2H3. The Kier molecular flexibility index (Phi) is 3.34. The minimum Gasteiger partial charge on any atom is -0.493 e. The third kappa shape index (κ3) is 2.29. The first kappa shape index (κ1) is 12.7. The van der Waals surface area contributed by atoms with E-state index in [2.05, 4.69) is 0 Å². The van der Waals surface area contributed by atoms with Gasteiger partial charge >= 0.3 is 0 Å². The van der Waals surface area contributed by atoms with Gasteiger partial charge in [0.05, 0.1) is 12.2 Å². The van der Waals surface area contributed by atoms with Crippen LogP contribution in [0.2, 0.25) is 0 Å². The lowest BCUT2D eigenvalue weighted by molar-refractivity contribution is 0.0952. The predicted molar refractivity (Wildman–Crippen MR) is 75.6 cm³/mol. The fraction of sp³-hybridized carbons (Fsp3) is 0.588. The van der Waals surface area contributed by atoms with E-state index in [1.54, 1.807) is 0 Å². The first-order chi connectivity index (χ1) is 9.22. The molecule has 2 unspecified atom stereocenters. The van der Waals surface area contributed by atoms with Gasteiger partial charge in [-0.1, -0.05) is 24.5 Å². The number of fused-ring (bicyclic) bond motifs is 1. The molecule has 0 N–H and O–H groups in total. The minimum absolute atomic E-state index is 0.281. The first-order valence-corrected chi connectivity index (χ1v) is 7.50. The van der Waals surface area contributed by atoms with Gasteiger partial charge in [0, 0.05) is 5.92 Å². The van der Waals surface area contributed by atoms with Gasteiger partial charge in [-0.05, 0) is 50.7 Å². The van der Waals surface area contributed by atoms with Gasteiger partial charge in [-0.15, -0.1) is 0 Å². The molecular weight excluding hydrogens is 236 g/mol. The lowest BCUT2D eigenvalue weighted by Crippen LogP contribution is -2.08. The van der Waals surface area contributed by atoms with Crippen LogP contribution in [-0.2, 0) is 0 Å². The van der Waals surface area contributed by atoms with Crippen molar-refractivity contribution >= 4 is 5.78 Å². The third-order valence-corrected chi connectivity index (χ3v) is 4.66. The van der Waals surface area contributed by atoms with Gasteiger partial charge in [0.2, 0.25) is 0 Å². The van der Waals surface area contributed by atoms with Crippen LogP contribution in [-0.4, -0.2) is 12.4 Å². The molecule has 0 heterocycles. The molecule has 2 aliphatic rings. The highest BCUT2D eigenvalue weighted by Crippen LogP contribution is 2.57. The maximum atomic E-state index is 12.7. The van der Waals surface area contributed by atoms with E-state index < -0.39 is 0 Å². The fourth-order valence-electron chi connectivity index (χ4n) is 3.68. The van der Waals surface area contributed by atoms with E-state index in [1.807, 2.05) is 32.0 Å². The average molecular weight is 258 g/mol. The molecule has 0 spiro atoms. The Balaban J connectivity index is 1.85. The normalized spacial score (nSPS) is 28.6. The minimum atomic E-state index is 0.281. The predicted octanol–water partition coefficient (Wildman–Crippen LogP) is 4.01. The van der Waals surface area contributed by atoms with Crippen molar-refractivity contribution in [3.05, 3.63) is 29.3 Å². The molecule has 2 nitrogen and oxygen atoms in total. The Bertz CT molecular complexity index is 480. The van der Waals surface area contributed by atoms with Crippen LogP contribution in [0.15, 0.2) is 18.2 Å². The number of ether oxygens (including phenoxy) is 1. The number of rotatable bonds is 4. The number of ketones is 1. The SMILES string of the molecule is CCOc1ccc(C)cc1C(=O)C1C2CCCCC21. The number of Topliss-reactive ketones (excluding diaryl/α,β-unsaturated/α-hetero) is 1. The summed E-state index contributed by atoms with van der Waals surface area (Å²) >= 11 is 0. The van der Waals surface area contributed by atoms with Gasteiger partial charge in [0.1, 0.15) is 5.75 Å². The second kappa shape index (κ2) is 4.99. The molecule has 0 amide bonds. The van der Waals surface area contributed by atoms with E-state index in [1.165, 1.54) is 25.7 Å². The highest BCUT2D eigenvalue weighted by atomic mass is 16.5. The molecule has 0 aliphatic heterocycles. The van der Waals surface area contributed by atoms with Crippen molar-refractivity contribution in [2.45, 2.75) is 39.5 Å². The van der Waals surface area contributed by atoms with Crippen molar-refractivity contribution in [3.8, 4) is 5.75 Å². The maximum absolute atomic E-state index is 12.7. The van der Waals surface area contributed by atoms with Crippen LogP contribution in [0.3, 0.4) is 0 Å². The van der Waals surface area contributed by atoms with Gasteiger partial charge in [0.15, 0.2) is 5.78 Å². The van der Waals surface area contributed by atoms with Crippen molar-refractivity contribution in [3.63, 3.8) is 0 Å². The molecule has 2 fully saturated rings. The zero-order valence-electron chi connectivity index (χ0n) is 11.8. The molecule has 0 radical (unpaired) electrons. The van der Waals surface area contributed by atoms with E-state index in [-0.39, 0.29) is 5.92 Å². The second-order valence-corrected chi connectivity index (χ2v) is 5.93. The van der Waals surface area contributed by atoms with Gasteiger partial charge in [-0.25, -0.2) is 0 Å². The van der Waals surface area contributed by atoms with Crippen LogP contribution in [0.1, 0.15) is 48.5 Å². The highest BCUT2D eigenvalue weighted by molar-refractivity contribution is 6.02. The zero-order chi connectivity index (χ0) is 13.4. The van der Waals surface area contributed by atoms with Crippen LogP contribution in [0.5, 0.6) is 5.75 Å². The lowest BCUT2D eigenvalue weighted by atomic mass is 10.0. The molecule has 2 atom stereocenters. The smallest absolute Gasteiger partial charge is 0.170 e. The number of aryl methyl sites for hydroxylation is 1. The summed E-state index contributed by atoms with van der Waals surface area (Å²) in [6.07, 6.45) is 5.10. The molecule has 102 valence electrons. The number of benzene rings is 1. The average Bonchev–Trinajstić information content (AvgIpc) is 3.14. The van der Waals surface area contributed by atoms with E-state index in [4.69, 9.17) is 4.74 Å². The molecule has 0 saturated heterocycles. The monoisotopic (exact) mass is 258 g/mol. The van der Waals surface area contributed by atoms with Crippen molar-refractivity contribution in [2.24, 2.45) is 17.8 Å². The summed E-state index contributed by atoms with van der Waals surface area (Å²) in [5.74, 6) is 2.70. The summed E-state index contributed by atoms with van der Waals surface area (Å²) in [6, 6.07) is 5.96. The van der Waals surface area contributed by atoms with E-state index in [0.29, 0.717) is 24.2 Å². The van der Waals surface area contributed by atoms with Crippen LogP contribution in [0.4, 0.5) is 0 Å². The van der Waals surface area contributed by atoms with Gasteiger partial charge < -0.3 is 4.74 Å². The van der Waals surface area contributed by atoms with Gasteiger partial charge in [0.25, 0.3) is 0 Å². The molecule has 19 heavy (non-hydrogen) atoms. The van der Waals surface area contributed by atoms with Crippen molar-refractivity contribution in [1.82, 2.24) is 0 Å². The van der Waals surface area contributed by atoms with E-state index >= 15 is 0 Å². The Labute approximate surface area is 115 Å². The van der Waals surface area contributed by atoms with Crippen LogP contribution < -0.4 is 4.74 Å². The van der Waals surface area contributed by atoms with Gasteiger partial charge in [-0.3, -0.25) is 4.79 Å². The number of carbonyl (C=O) groups is 1. The summed E-state index contributed by atoms with van der Waals surface area (Å²) in [4.78, 5) is 12.7. The van der Waals surface area contributed by atoms with Crippen molar-refractivity contribution in [1.29, 1.82) is 0 Å². The molecule has 3 rings (SSSR count). The van der Waals surface area contributed by atoms with E-state index in [0.717, 1.165) is 16.9 Å². The third-order valence-electron chi connectivity index (χ3n) is 4.66. The molecular formula is C17H22O2. The van der Waals surface area contributed by atoms with Crippen LogP contribution in [0.25, 0.3) is 0 Å². The largest absolute Gasteiger partial charge is 0.493 e. The molecule has 0 bridgehead atoms. The summed E-state index contributed by atoms with van der Waals surface area (Å²) in [7, 11) is 0. The Morgan fingerprint density at radius 2 is 1.95 bits per heavy atom. The Hall–Kier alpha value is -1.31. The van der Waals surface area contributed by atoms with E-state index in [9.17, 15) is 4.79 Å². The lowest BCUT2D eigenvalue weighted by Gasteiger charge is -2.10. The quantitative estimate of drug-likeness (QED) is 0.763. The number of hydrogen-bond donors (Lipinski definition) is 0. The van der Waals surface area contributed by atoms with Crippen molar-refractivity contribution in [2.75, 3.05) is 6.61 Å². The Morgan fingerprint density at radius 3 is 2.58 bits per heavy atom. The molecule has 1 aromatic carbocycles.